The van der Waals surface area contributed by atoms with Crippen LogP contribution in [0.15, 0.2) is 85.1 Å². The minimum atomic E-state index is -1.63. The number of carboxylic acids is 1. The number of allylic oxidation sites excluding steroid dienone is 14. The number of carbonyl (C=O) groups excluding carboxylic acids is 3. The van der Waals surface area contributed by atoms with Crippen LogP contribution in [0.3, 0.4) is 0 Å². The van der Waals surface area contributed by atoms with Crippen LogP contribution in [0, 0.1) is 0 Å². The maximum absolute atomic E-state index is 12.8. The average molecular weight is 882 g/mol. The molecule has 0 amide bonds. The molecule has 9 nitrogen and oxygen atoms in total. The Hall–Kier alpha value is -3.53. The Labute approximate surface area is 385 Å². The van der Waals surface area contributed by atoms with Crippen LogP contribution < -0.4 is 5.11 Å². The zero-order valence-electron chi connectivity index (χ0n) is 40.7. The lowest BCUT2D eigenvalue weighted by atomic mass is 10.1. The van der Waals surface area contributed by atoms with Crippen molar-refractivity contribution in [1.29, 1.82) is 0 Å². The van der Waals surface area contributed by atoms with Crippen LogP contribution >= 0.6 is 0 Å². The van der Waals surface area contributed by atoms with E-state index >= 15 is 0 Å². The molecular weight excluding hydrogens is 791 g/mol. The first kappa shape index (κ1) is 59.5. The molecule has 0 N–H and O–H groups in total. The first-order valence-electron chi connectivity index (χ1n) is 24.7. The standard InChI is InChI=1S/C54H91NO8/c1-6-8-10-12-14-16-18-19-20-21-22-23-24-25-26-27-28-29-30-31-32-33-35-37-39-41-43-45-52(57)63-50(49-62-54(53(58)59)60-47-46-55(3,4)5)48-61-51(56)44-42-40-38-36-34-17-15-13-11-9-7-2/h8,10,14,16,19-20,22-23,25-26,28-29,31-32,50,54H,6-7,9,11-13,15,17-18,21,24,27,30,33-49H2,1-5H3/b10-8-,16-14-,20-19-,23-22-,26-25-,29-28-,32-31-. The van der Waals surface area contributed by atoms with Gasteiger partial charge in [0.1, 0.15) is 13.2 Å². The maximum atomic E-state index is 12.8. The van der Waals surface area contributed by atoms with Crippen molar-refractivity contribution in [2.45, 2.75) is 193 Å². The van der Waals surface area contributed by atoms with E-state index in [2.05, 4.69) is 98.9 Å². The second-order valence-corrected chi connectivity index (χ2v) is 17.4. The van der Waals surface area contributed by atoms with Gasteiger partial charge in [0.05, 0.1) is 40.3 Å². The number of aliphatic carboxylic acids is 1. The summed E-state index contributed by atoms with van der Waals surface area (Å²) in [5.41, 5.74) is 0. The third-order valence-electron chi connectivity index (χ3n) is 10.2. The molecule has 0 spiro atoms. The molecule has 360 valence electrons. The smallest absolute Gasteiger partial charge is 0.306 e. The molecule has 0 aromatic carbocycles. The molecule has 0 rings (SSSR count). The van der Waals surface area contributed by atoms with E-state index in [4.69, 9.17) is 18.9 Å². The molecule has 0 bridgehead atoms. The van der Waals surface area contributed by atoms with E-state index in [0.29, 0.717) is 17.4 Å². The van der Waals surface area contributed by atoms with Crippen LogP contribution in [0.5, 0.6) is 0 Å². The zero-order chi connectivity index (χ0) is 46.3. The number of esters is 2. The first-order chi connectivity index (χ1) is 30.6. The fourth-order valence-corrected chi connectivity index (χ4v) is 6.34. The number of unbranched alkanes of at least 4 members (excludes halogenated alkanes) is 15. The molecule has 0 aromatic rings. The van der Waals surface area contributed by atoms with Crippen molar-refractivity contribution in [1.82, 2.24) is 0 Å². The third-order valence-corrected chi connectivity index (χ3v) is 10.2. The quantitative estimate of drug-likeness (QED) is 0.0196. The Morgan fingerprint density at radius 3 is 1.35 bits per heavy atom. The maximum Gasteiger partial charge on any atom is 0.306 e. The number of quaternary nitrogens is 1. The number of hydrogen-bond donors (Lipinski definition) is 0. The Morgan fingerprint density at radius 1 is 0.492 bits per heavy atom. The van der Waals surface area contributed by atoms with E-state index in [0.717, 1.165) is 96.3 Å². The van der Waals surface area contributed by atoms with Gasteiger partial charge in [0, 0.05) is 12.8 Å². The Morgan fingerprint density at radius 2 is 0.905 bits per heavy atom. The Bertz CT molecular complexity index is 1300. The van der Waals surface area contributed by atoms with Gasteiger partial charge in [-0.1, -0.05) is 182 Å². The van der Waals surface area contributed by atoms with Crippen molar-refractivity contribution in [3.05, 3.63) is 85.1 Å². The molecule has 2 atom stereocenters. The van der Waals surface area contributed by atoms with Gasteiger partial charge in [0.2, 0.25) is 0 Å². The predicted octanol–water partition coefficient (Wildman–Crippen LogP) is 12.3. The number of hydrogen-bond acceptors (Lipinski definition) is 8. The largest absolute Gasteiger partial charge is 0.545 e. The molecule has 0 aliphatic heterocycles. The van der Waals surface area contributed by atoms with Gasteiger partial charge in [-0.2, -0.15) is 0 Å². The first-order valence-corrected chi connectivity index (χ1v) is 24.7. The number of ether oxygens (including phenoxy) is 4. The second-order valence-electron chi connectivity index (χ2n) is 17.4. The molecule has 0 heterocycles. The molecule has 9 heteroatoms. The molecule has 0 saturated carbocycles. The molecule has 2 unspecified atom stereocenters. The summed E-state index contributed by atoms with van der Waals surface area (Å²) < 4.78 is 22.5. The topological polar surface area (TPSA) is 111 Å². The van der Waals surface area contributed by atoms with Gasteiger partial charge >= 0.3 is 11.9 Å². The molecule has 0 aromatic heterocycles. The summed E-state index contributed by atoms with van der Waals surface area (Å²) in [6, 6.07) is 0. The van der Waals surface area contributed by atoms with Gasteiger partial charge in [0.15, 0.2) is 12.4 Å². The van der Waals surface area contributed by atoms with E-state index < -0.39 is 24.3 Å². The summed E-state index contributed by atoms with van der Waals surface area (Å²) in [6.45, 7) is 4.58. The normalized spacial score (nSPS) is 13.6. The van der Waals surface area contributed by atoms with Gasteiger partial charge in [-0.15, -0.1) is 0 Å². The molecule has 0 fully saturated rings. The number of carboxylic acid groups (broad SMARTS) is 1. The van der Waals surface area contributed by atoms with Crippen LogP contribution in [0.1, 0.15) is 181 Å². The fourth-order valence-electron chi connectivity index (χ4n) is 6.34. The van der Waals surface area contributed by atoms with E-state index in [-0.39, 0.29) is 38.6 Å². The summed E-state index contributed by atoms with van der Waals surface area (Å²) in [5, 5.41) is 11.7. The van der Waals surface area contributed by atoms with E-state index in [1.165, 1.54) is 51.4 Å². The summed E-state index contributed by atoms with van der Waals surface area (Å²) in [5.74, 6) is -2.32. The van der Waals surface area contributed by atoms with Crippen molar-refractivity contribution in [2.24, 2.45) is 0 Å². The van der Waals surface area contributed by atoms with Crippen molar-refractivity contribution < 1.29 is 42.9 Å². The Kier molecular flexibility index (Phi) is 42.5. The van der Waals surface area contributed by atoms with Crippen LogP contribution in [0.2, 0.25) is 0 Å². The number of nitrogens with zero attached hydrogens (tertiary/aromatic N) is 1. The summed E-state index contributed by atoms with van der Waals surface area (Å²) in [4.78, 5) is 37.0. The van der Waals surface area contributed by atoms with Gasteiger partial charge in [0.25, 0.3) is 0 Å². The van der Waals surface area contributed by atoms with Crippen LogP contribution in [-0.2, 0) is 33.3 Å². The molecule has 0 aliphatic carbocycles. The van der Waals surface area contributed by atoms with Crippen molar-refractivity contribution in [3.8, 4) is 0 Å². The minimum absolute atomic E-state index is 0.140. The molecular formula is C54H91NO8. The lowest BCUT2D eigenvalue weighted by molar-refractivity contribution is -0.870. The SMILES string of the molecule is CC/C=C\C/C=C\C/C=C\C/C=C\C/C=C\C/C=C\C/C=C\CCCCCCCC(=O)OC(COC(=O)CCCCCCCCCCCCC)COC(OCC[N+](C)(C)C)C(=O)[O-]. The van der Waals surface area contributed by atoms with Crippen LogP contribution in [-0.4, -0.2) is 82.3 Å². The number of carbonyl (C=O) groups is 3. The minimum Gasteiger partial charge on any atom is -0.545 e. The van der Waals surface area contributed by atoms with Crippen LogP contribution in [0.4, 0.5) is 0 Å². The summed E-state index contributed by atoms with van der Waals surface area (Å²) in [6.07, 6.45) is 54.8. The van der Waals surface area contributed by atoms with E-state index in [1.807, 2.05) is 21.1 Å². The zero-order valence-corrected chi connectivity index (χ0v) is 40.7. The van der Waals surface area contributed by atoms with Crippen molar-refractivity contribution in [3.63, 3.8) is 0 Å². The Balaban J connectivity index is 4.36. The highest BCUT2D eigenvalue weighted by atomic mass is 16.7. The third kappa shape index (κ3) is 46.3. The fraction of sp³-hybridized carbons (Fsp3) is 0.685. The summed E-state index contributed by atoms with van der Waals surface area (Å²) in [7, 11) is 5.90. The number of likely N-dealkylation sites (N-methyl/N-ethyl adjacent to an activating group) is 1. The lowest BCUT2D eigenvalue weighted by Crippen LogP contribution is -2.44. The number of rotatable bonds is 44. The van der Waals surface area contributed by atoms with Crippen molar-refractivity contribution >= 4 is 17.9 Å². The lowest BCUT2D eigenvalue weighted by Gasteiger charge is -2.26. The highest BCUT2D eigenvalue weighted by Crippen LogP contribution is 2.14. The summed E-state index contributed by atoms with van der Waals surface area (Å²) >= 11 is 0. The monoisotopic (exact) mass is 882 g/mol. The van der Waals surface area contributed by atoms with Gasteiger partial charge < -0.3 is 33.3 Å². The predicted molar refractivity (Wildman–Crippen MR) is 260 cm³/mol. The molecule has 63 heavy (non-hydrogen) atoms. The molecule has 0 radical (unpaired) electrons. The van der Waals surface area contributed by atoms with E-state index in [1.54, 1.807) is 0 Å². The van der Waals surface area contributed by atoms with Crippen LogP contribution in [0.25, 0.3) is 0 Å². The molecule has 0 saturated heterocycles. The molecule has 0 aliphatic rings. The van der Waals surface area contributed by atoms with Gasteiger partial charge in [-0.25, -0.2) is 0 Å². The van der Waals surface area contributed by atoms with E-state index in [9.17, 15) is 19.5 Å². The highest BCUT2D eigenvalue weighted by molar-refractivity contribution is 5.70. The van der Waals surface area contributed by atoms with Crippen molar-refractivity contribution in [2.75, 3.05) is 47.5 Å². The second kappa shape index (κ2) is 45.1. The highest BCUT2D eigenvalue weighted by Gasteiger charge is 2.21. The average Bonchev–Trinajstić information content (AvgIpc) is 3.24. The van der Waals surface area contributed by atoms with Gasteiger partial charge in [-0.3, -0.25) is 9.59 Å². The van der Waals surface area contributed by atoms with Gasteiger partial charge in [-0.05, 0) is 70.6 Å².